The molecule has 46 heteroatoms. The van der Waals surface area contributed by atoms with E-state index in [9.17, 15) is 38.4 Å². The number of esters is 4. The number of carbonyl (C=O) groups excluding carboxylic acids is 6. The van der Waals surface area contributed by atoms with Gasteiger partial charge in [-0.2, -0.15) is 0 Å². The van der Waals surface area contributed by atoms with Crippen molar-refractivity contribution in [1.82, 2.24) is 49.8 Å². The van der Waals surface area contributed by atoms with E-state index in [0.717, 1.165) is 89.0 Å². The molecular formula is C73H121Br7Cl2N13O15PS8. The number of thiazole rings is 5. The molecule has 1 fully saturated rings. The van der Waals surface area contributed by atoms with Crippen LogP contribution in [0.15, 0.2) is 48.9 Å². The van der Waals surface area contributed by atoms with E-state index >= 15 is 0 Å². The minimum absolute atomic E-state index is 0. The quantitative estimate of drug-likeness (QED) is 0.00385. The van der Waals surface area contributed by atoms with Crippen LogP contribution >= 0.6 is 227 Å². The van der Waals surface area contributed by atoms with Crippen LogP contribution in [0.2, 0.25) is 0 Å². The SMILES string of the molecule is BrBr.BrP(Br)Br.C.C1CCOC1.CCN(CC)CC.CCO.CCOC(=O)C(Br)C(=O)CC.CCOC(=O)CC(=O)CC.CCOC(=O)c1sc(N)nc1CC.CCOC(=O)c1scnc1CC.CCc1ncsc1CBr.CCc1ncsc1CO.CCc1ncsc1CSc1nc(C)cc(=O)[nH]1.Cc1cc(=O)[nH]c(=S)[nH]1.ClCCl.NC(N)=S. The van der Waals surface area contributed by atoms with E-state index < -0.39 is 16.8 Å². The normalized spacial score (nSPS) is 10.2. The maximum Gasteiger partial charge on any atom is 0.350 e. The van der Waals surface area contributed by atoms with Crippen LogP contribution in [0.5, 0.6) is 0 Å². The molecule has 0 radical (unpaired) electrons. The third kappa shape index (κ3) is 76.4. The monoisotopic (exact) mass is 2330 g/mol. The van der Waals surface area contributed by atoms with E-state index in [0.29, 0.717) is 70.5 Å². The van der Waals surface area contributed by atoms with Gasteiger partial charge in [0.05, 0.1) is 93.8 Å². The molecule has 684 valence electrons. The lowest BCUT2D eigenvalue weighted by atomic mass is 10.2. The predicted octanol–water partition coefficient (Wildman–Crippen LogP) is 21.0. The van der Waals surface area contributed by atoms with Crippen molar-refractivity contribution in [1.29, 1.82) is 0 Å². The highest BCUT2D eigenvalue weighted by Gasteiger charge is 2.23. The van der Waals surface area contributed by atoms with E-state index in [1.54, 1.807) is 89.1 Å². The molecule has 119 heavy (non-hydrogen) atoms. The number of hydrogen-bond donors (Lipinski definition) is 8. The zero-order valence-electron chi connectivity index (χ0n) is 69.7. The lowest BCUT2D eigenvalue weighted by molar-refractivity contribution is -0.146. The third-order valence-electron chi connectivity index (χ3n) is 12.8. The van der Waals surface area contributed by atoms with Gasteiger partial charge < -0.3 is 66.0 Å². The van der Waals surface area contributed by atoms with Crippen molar-refractivity contribution in [2.45, 2.75) is 217 Å². The Kier molecular flexibility index (Phi) is 102. The Labute approximate surface area is 805 Å². The van der Waals surface area contributed by atoms with Gasteiger partial charge in [-0.3, -0.25) is 33.8 Å². The van der Waals surface area contributed by atoms with Gasteiger partial charge in [0.15, 0.2) is 30.8 Å². The summed E-state index contributed by atoms with van der Waals surface area (Å²) in [7, 11) is 0. The van der Waals surface area contributed by atoms with Gasteiger partial charge in [-0.15, -0.1) is 68.5 Å². The Bertz CT molecular complexity index is 3730. The highest BCUT2D eigenvalue weighted by Crippen LogP contribution is 2.59. The number of aromatic nitrogens is 9. The van der Waals surface area contributed by atoms with Crippen molar-refractivity contribution in [3.05, 3.63) is 124 Å². The van der Waals surface area contributed by atoms with Crippen LogP contribution in [0, 0.1) is 18.6 Å². The lowest BCUT2D eigenvalue weighted by Gasteiger charge is -2.13. The second-order valence-electron chi connectivity index (χ2n) is 21.1. The molecule has 11 N–H and O–H groups in total. The van der Waals surface area contributed by atoms with E-state index in [4.69, 9.17) is 53.4 Å². The largest absolute Gasteiger partial charge is 0.466 e. The number of aryl methyl sites for hydroxylation is 7. The van der Waals surface area contributed by atoms with Crippen LogP contribution in [0.25, 0.3) is 0 Å². The number of thiocarbonyl (C=S) groups is 1. The van der Waals surface area contributed by atoms with Gasteiger partial charge in [-0.05, 0) is 184 Å². The smallest absolute Gasteiger partial charge is 0.350 e. The average Bonchev–Trinajstić information content (AvgIpc) is 1.74. The molecular weight excluding hydrogens is 2220 g/mol. The molecule has 1 aliphatic heterocycles. The number of nitrogens with zero attached hydrogens (tertiary/aromatic N) is 7. The Morgan fingerprint density at radius 1 is 0.639 bits per heavy atom. The molecule has 7 aromatic heterocycles. The number of aromatic amines is 3. The van der Waals surface area contributed by atoms with Crippen molar-refractivity contribution >= 4 is 272 Å². The molecule has 1 atom stereocenters. The average molecular weight is 2340 g/mol. The molecule has 1 saturated heterocycles. The first kappa shape index (κ1) is 132. The lowest BCUT2D eigenvalue weighted by Crippen LogP contribution is -2.25. The molecule has 0 aromatic carbocycles. The summed E-state index contributed by atoms with van der Waals surface area (Å²) in [6, 6.07) is 2.95. The summed E-state index contributed by atoms with van der Waals surface area (Å²) in [5.74, 6) is -0.916. The van der Waals surface area contributed by atoms with Gasteiger partial charge in [0.1, 0.15) is 26.0 Å². The fraction of sp³-hybridized carbons (Fsp3) is 0.589. The number of nitrogen functional groups attached to an aromatic ring is 1. The number of ketones is 2. The topological polar surface area (TPSA) is 429 Å². The summed E-state index contributed by atoms with van der Waals surface area (Å²) in [6.07, 6.45) is 7.60. The number of hydrogen-bond acceptors (Lipinski definition) is 31. The number of thioether (sulfide) groups is 1. The van der Waals surface area contributed by atoms with Gasteiger partial charge in [0.2, 0.25) is 0 Å². The first-order chi connectivity index (χ1) is 56.1. The fourth-order valence-corrected chi connectivity index (χ4v) is 13.8. The van der Waals surface area contributed by atoms with E-state index in [-0.39, 0.29) is 76.2 Å². The molecule has 0 bridgehead atoms. The van der Waals surface area contributed by atoms with Crippen molar-refractivity contribution in [2.75, 3.05) is 77.0 Å². The minimum Gasteiger partial charge on any atom is -0.466 e. The number of aliphatic hydroxyl groups is 2. The van der Waals surface area contributed by atoms with Crippen LogP contribution in [-0.4, -0.2) is 177 Å². The number of halogens is 9. The van der Waals surface area contributed by atoms with Gasteiger partial charge in [0, 0.05) is 105 Å². The van der Waals surface area contributed by atoms with Crippen molar-refractivity contribution < 1.29 is 62.7 Å². The second-order valence-corrected chi connectivity index (χ2v) is 45.3. The first-order valence-corrected chi connectivity index (χ1v) is 56.9. The van der Waals surface area contributed by atoms with Crippen molar-refractivity contribution in [2.24, 2.45) is 11.5 Å². The molecule has 28 nitrogen and oxygen atoms in total. The number of alkyl halides is 4. The Morgan fingerprint density at radius 2 is 1.05 bits per heavy atom. The maximum absolute atomic E-state index is 11.3. The number of rotatable bonds is 25. The Hall–Kier alpha value is -2.60. The summed E-state index contributed by atoms with van der Waals surface area (Å²) >= 11 is 48.6. The van der Waals surface area contributed by atoms with Crippen LogP contribution in [0.3, 0.4) is 0 Å². The molecule has 1 aliphatic rings. The van der Waals surface area contributed by atoms with Crippen LogP contribution < -0.4 is 28.3 Å². The standard InChI is InChI=1S/C11H13N3OS2.C8H12N2O2S.C8H11NO2S.C7H11BrO3.C7H12O3.C6H8BrNS.C6H9NOS.C6H15N.C5H6N2OS.C4H8O.C2H6O.CH2Cl2.CH4N2S.CH4.Br3P.Br2/c1-3-8-9(17-6-12-8)5-16-11-13-7(2)4-10(15)14-11;1-3-5-6(7(11)12-4-2)13-8(9)10-5;1-3-6-7(12-5-9-6)8(10)11-4-2;1-3-5(9)6(8)7(10)11-4-2;1-3-6(8)5-7(9)10-4-2;1-2-5-6(3-7)9-4-8-5;1-2-5-6(3-8)9-4-7-5;1-4-7(5-2)6-3;1-3-2-4(8)7-5(9)6-3;1-2-4-5-3-1;1-2-3;2-1-3;2-1(3)4;;1-4(2)3;1-2/h4,6H,3,5H2,1-2H3,(H,13,14,15);3-4H2,1-2H3,(H2,9,10);5H,3-4H2,1-2H3;6H,3-4H2,1-2H3;3-5H2,1-2H3;4H,2-3H2,1H3;4,8H,2-3H2,1H3;4-6H2,1-3H3;2H,1H3,(H2,6,7,8,9);1-4H2;3H,2H2,1H3;1H2;(H4,2,3,4);1H4;;. The number of carbonyl (C=O) groups is 6. The summed E-state index contributed by atoms with van der Waals surface area (Å²) in [4.78, 5) is 127. The van der Waals surface area contributed by atoms with Gasteiger partial charge in [0.25, 0.3) is 11.1 Å². The molecule has 8 rings (SSSR count). The number of Topliss-reactive ketones (excluding diaryl/α,β-unsaturated/α-hetero) is 2. The third-order valence-corrected chi connectivity index (χ3v) is 20.3. The number of anilines is 1. The number of nitrogens with two attached hydrogens (primary N) is 3. The van der Waals surface area contributed by atoms with Gasteiger partial charge in [-0.1, -0.05) is 132 Å². The highest BCUT2D eigenvalue weighted by molar-refractivity contribution is 9.93. The molecule has 0 aliphatic carbocycles. The summed E-state index contributed by atoms with van der Waals surface area (Å²) in [5.41, 5.74) is 28.2. The number of ether oxygens (including phenoxy) is 5. The Balaban J connectivity index is -0.000000190. The summed E-state index contributed by atoms with van der Waals surface area (Å²) in [5, 5.41) is 18.5. The predicted molar refractivity (Wildman–Crippen MR) is 532 cm³/mol. The summed E-state index contributed by atoms with van der Waals surface area (Å²) < 4.78 is 24.0. The molecule has 0 saturated carbocycles. The van der Waals surface area contributed by atoms with Crippen molar-refractivity contribution in [3.63, 3.8) is 0 Å². The van der Waals surface area contributed by atoms with E-state index in [1.165, 1.54) is 106 Å². The maximum atomic E-state index is 11.3. The fourth-order valence-electron chi connectivity index (χ4n) is 7.50. The van der Waals surface area contributed by atoms with Crippen molar-refractivity contribution in [3.8, 4) is 0 Å². The van der Waals surface area contributed by atoms with Gasteiger partial charge in [-0.25, -0.2) is 39.5 Å². The van der Waals surface area contributed by atoms with E-state index in [2.05, 4.69) is 236 Å². The van der Waals surface area contributed by atoms with E-state index in [1.807, 2.05) is 38.7 Å². The van der Waals surface area contributed by atoms with Gasteiger partial charge >= 0.3 is 23.9 Å². The zero-order valence-corrected chi connectivity index (χ0v) is 89.7. The summed E-state index contributed by atoms with van der Waals surface area (Å²) in [6.45, 7) is 39.8. The van der Waals surface area contributed by atoms with Crippen LogP contribution in [0.4, 0.5) is 5.13 Å². The first-order valence-electron chi connectivity index (χ1n) is 36.5. The molecule has 7 aromatic rings. The zero-order chi connectivity index (χ0) is 91.9. The number of nitrogens with one attached hydrogen (secondary N) is 3. The second kappa shape index (κ2) is 91.6. The Morgan fingerprint density at radius 3 is 1.40 bits per heavy atom. The van der Waals surface area contributed by atoms with Crippen LogP contribution in [-0.2, 0) is 92.7 Å². The molecule has 0 spiro atoms. The molecule has 8 heterocycles. The number of H-pyrrole nitrogens is 3. The molecule has 1 unspecified atom stereocenters. The highest BCUT2D eigenvalue weighted by atomic mass is 80.9. The van der Waals surface area contributed by atoms with Crippen LogP contribution in [0.1, 0.15) is 217 Å². The minimum atomic E-state index is -0.785. The number of aliphatic hydroxyl groups excluding tert-OH is 2. The molecule has 0 amide bonds.